The molecule has 37 heavy (non-hydrogen) atoms. The zero-order valence-electron chi connectivity index (χ0n) is 21.1. The van der Waals surface area contributed by atoms with Crippen molar-refractivity contribution in [2.24, 2.45) is 5.92 Å². The molecule has 9 heteroatoms. The Balaban J connectivity index is 1.89. The lowest BCUT2D eigenvalue weighted by Gasteiger charge is -2.15. The number of thioether (sulfide) groups is 1. The molecule has 1 heterocycles. The highest BCUT2D eigenvalue weighted by Crippen LogP contribution is 2.38. The summed E-state index contributed by atoms with van der Waals surface area (Å²) in [6.07, 6.45) is -3.89. The second kappa shape index (κ2) is 12.2. The van der Waals surface area contributed by atoms with Gasteiger partial charge in [0.25, 0.3) is 0 Å². The molecule has 0 aliphatic heterocycles. The van der Waals surface area contributed by atoms with Crippen LogP contribution < -0.4 is 10.1 Å². The van der Waals surface area contributed by atoms with Gasteiger partial charge in [-0.05, 0) is 68.1 Å². The van der Waals surface area contributed by atoms with Gasteiger partial charge in [0.15, 0.2) is 0 Å². The van der Waals surface area contributed by atoms with E-state index in [2.05, 4.69) is 24.1 Å². The van der Waals surface area contributed by atoms with Crippen LogP contribution in [0.25, 0.3) is 11.3 Å². The van der Waals surface area contributed by atoms with Crippen molar-refractivity contribution in [3.63, 3.8) is 0 Å². The third-order valence-electron chi connectivity index (χ3n) is 5.50. The number of ether oxygens (including phenoxy) is 1. The second-order valence-corrected chi connectivity index (χ2v) is 10.0. The van der Waals surface area contributed by atoms with Crippen LogP contribution in [0.3, 0.4) is 0 Å². The maximum Gasteiger partial charge on any atom is 0.417 e. The van der Waals surface area contributed by atoms with Gasteiger partial charge < -0.3 is 10.1 Å². The first-order chi connectivity index (χ1) is 17.5. The Kier molecular flexibility index (Phi) is 9.22. The van der Waals surface area contributed by atoms with Crippen LogP contribution in [-0.4, -0.2) is 23.3 Å². The second-order valence-electron chi connectivity index (χ2n) is 9.06. The molecule has 0 unspecified atom stereocenters. The molecule has 0 atom stereocenters. The van der Waals surface area contributed by atoms with Crippen LogP contribution >= 0.6 is 11.8 Å². The Hall–Kier alpha value is -3.51. The number of halogens is 3. The molecule has 0 radical (unpaired) electrons. The summed E-state index contributed by atoms with van der Waals surface area (Å²) in [7, 11) is 0. The van der Waals surface area contributed by atoms with E-state index in [1.165, 1.54) is 0 Å². The van der Waals surface area contributed by atoms with Crippen LogP contribution in [0.4, 0.5) is 18.9 Å². The Bertz CT molecular complexity index is 1300. The molecule has 3 rings (SSSR count). The maximum absolute atomic E-state index is 13.9. The molecule has 0 aliphatic rings. The van der Waals surface area contributed by atoms with Gasteiger partial charge >= 0.3 is 6.18 Å². The highest BCUT2D eigenvalue weighted by atomic mass is 32.2. The smallest absolute Gasteiger partial charge is 0.417 e. The standard InChI is InChI=1S/C28H28F3N3O2S/c1-17(2)11-12-36-25-10-7-20(13-19(25)4)24-14-23(28(29,30)31)22(15-32)27(34-24)37-16-26(35)33-21-8-5-18(3)6-9-21/h5-10,13-14,17H,11-12,16H2,1-4H3,(H,33,35). The number of carbonyl (C=O) groups is 1. The number of benzene rings is 2. The van der Waals surface area contributed by atoms with Crippen LogP contribution in [0.1, 0.15) is 42.5 Å². The molecule has 0 saturated heterocycles. The predicted octanol–water partition coefficient (Wildman–Crippen LogP) is 7.41. The van der Waals surface area contributed by atoms with E-state index in [9.17, 15) is 23.2 Å². The van der Waals surface area contributed by atoms with Gasteiger partial charge in [-0.25, -0.2) is 4.98 Å². The normalized spacial score (nSPS) is 11.3. The fourth-order valence-corrected chi connectivity index (χ4v) is 4.25. The van der Waals surface area contributed by atoms with E-state index in [4.69, 9.17) is 4.74 Å². The first-order valence-corrected chi connectivity index (χ1v) is 12.7. The molecule has 5 nitrogen and oxygen atoms in total. The van der Waals surface area contributed by atoms with Gasteiger partial charge in [-0.2, -0.15) is 18.4 Å². The first kappa shape index (κ1) is 28.1. The lowest BCUT2D eigenvalue weighted by Crippen LogP contribution is -2.15. The Morgan fingerprint density at radius 2 is 1.84 bits per heavy atom. The summed E-state index contributed by atoms with van der Waals surface area (Å²) in [5.74, 6) is 0.504. The minimum atomic E-state index is -4.77. The molecule has 3 aromatic rings. The van der Waals surface area contributed by atoms with Crippen molar-refractivity contribution in [3.05, 3.63) is 70.8 Å². The number of amides is 1. The maximum atomic E-state index is 13.9. The van der Waals surface area contributed by atoms with Crippen molar-refractivity contribution in [1.29, 1.82) is 5.26 Å². The van der Waals surface area contributed by atoms with Crippen LogP contribution in [0.15, 0.2) is 53.6 Å². The largest absolute Gasteiger partial charge is 0.493 e. The molecule has 0 fully saturated rings. The number of nitrogens with one attached hydrogen (secondary N) is 1. The van der Waals surface area contributed by atoms with Gasteiger partial charge in [0.05, 0.1) is 29.2 Å². The van der Waals surface area contributed by atoms with Crippen molar-refractivity contribution >= 4 is 23.4 Å². The average molecular weight is 528 g/mol. The SMILES string of the molecule is Cc1ccc(NC(=O)CSc2nc(-c3ccc(OCCC(C)C)c(C)c3)cc(C(F)(F)F)c2C#N)cc1. The van der Waals surface area contributed by atoms with Crippen molar-refractivity contribution in [2.45, 2.75) is 45.3 Å². The molecule has 0 bridgehead atoms. The molecule has 194 valence electrons. The number of nitrogens with zero attached hydrogens (tertiary/aromatic N) is 2. The van der Waals surface area contributed by atoms with Gasteiger partial charge in [-0.1, -0.05) is 43.3 Å². The molecule has 0 spiro atoms. The summed E-state index contributed by atoms with van der Waals surface area (Å²) in [4.78, 5) is 16.8. The number of hydrogen-bond donors (Lipinski definition) is 1. The predicted molar refractivity (Wildman–Crippen MR) is 140 cm³/mol. The molecule has 1 N–H and O–H groups in total. The lowest BCUT2D eigenvalue weighted by molar-refractivity contribution is -0.138. The molecule has 2 aromatic carbocycles. The summed E-state index contributed by atoms with van der Waals surface area (Å²) in [6, 6.07) is 14.7. The van der Waals surface area contributed by atoms with Crippen LogP contribution in [0.2, 0.25) is 0 Å². The van der Waals surface area contributed by atoms with Crippen molar-refractivity contribution < 1.29 is 22.7 Å². The zero-order chi connectivity index (χ0) is 27.2. The average Bonchev–Trinajstić information content (AvgIpc) is 2.83. The number of rotatable bonds is 9. The van der Waals surface area contributed by atoms with Gasteiger partial charge in [-0.15, -0.1) is 0 Å². The highest BCUT2D eigenvalue weighted by molar-refractivity contribution is 8.00. The van der Waals surface area contributed by atoms with E-state index < -0.39 is 23.2 Å². The van der Waals surface area contributed by atoms with E-state index in [1.807, 2.05) is 26.0 Å². The fourth-order valence-electron chi connectivity index (χ4n) is 3.45. The van der Waals surface area contributed by atoms with E-state index in [0.717, 1.165) is 35.4 Å². The van der Waals surface area contributed by atoms with E-state index >= 15 is 0 Å². The number of aryl methyl sites for hydroxylation is 2. The summed E-state index contributed by atoms with van der Waals surface area (Å²) in [5.41, 5.74) is 1.18. The van der Waals surface area contributed by atoms with Crippen LogP contribution in [0.5, 0.6) is 5.75 Å². The van der Waals surface area contributed by atoms with E-state index in [1.54, 1.807) is 36.4 Å². The number of anilines is 1. The topological polar surface area (TPSA) is 75.0 Å². The Labute approximate surface area is 219 Å². The summed E-state index contributed by atoms with van der Waals surface area (Å²) in [6.45, 7) is 8.45. The highest BCUT2D eigenvalue weighted by Gasteiger charge is 2.36. The number of nitriles is 1. The number of aromatic nitrogens is 1. The van der Waals surface area contributed by atoms with Gasteiger partial charge in [0.1, 0.15) is 16.8 Å². The number of hydrogen-bond acceptors (Lipinski definition) is 5. The van der Waals surface area contributed by atoms with Crippen LogP contribution in [-0.2, 0) is 11.0 Å². The summed E-state index contributed by atoms with van der Waals surface area (Å²) < 4.78 is 47.5. The molecule has 0 aliphatic carbocycles. The molecule has 1 amide bonds. The first-order valence-electron chi connectivity index (χ1n) is 11.7. The molecule has 0 saturated carbocycles. The number of alkyl halides is 3. The summed E-state index contributed by atoms with van der Waals surface area (Å²) in [5, 5.41) is 12.1. The van der Waals surface area contributed by atoms with Gasteiger partial charge in [-0.3, -0.25) is 4.79 Å². The van der Waals surface area contributed by atoms with Gasteiger partial charge in [0.2, 0.25) is 5.91 Å². The van der Waals surface area contributed by atoms with Gasteiger partial charge in [0, 0.05) is 11.3 Å². The third-order valence-corrected chi connectivity index (χ3v) is 6.48. The minimum absolute atomic E-state index is 0.0598. The number of carbonyl (C=O) groups excluding carboxylic acids is 1. The third kappa shape index (κ3) is 7.73. The Morgan fingerprint density at radius 1 is 1.14 bits per heavy atom. The van der Waals surface area contributed by atoms with Crippen molar-refractivity contribution in [2.75, 3.05) is 17.7 Å². The summed E-state index contributed by atoms with van der Waals surface area (Å²) >= 11 is 0.792. The quantitative estimate of drug-likeness (QED) is 0.293. The zero-order valence-corrected chi connectivity index (χ0v) is 21.9. The molecular formula is C28H28F3N3O2S. The van der Waals surface area contributed by atoms with Crippen molar-refractivity contribution in [3.8, 4) is 23.1 Å². The minimum Gasteiger partial charge on any atom is -0.493 e. The van der Waals surface area contributed by atoms with Crippen molar-refractivity contribution in [1.82, 2.24) is 4.98 Å². The molecule has 1 aromatic heterocycles. The Morgan fingerprint density at radius 3 is 2.43 bits per heavy atom. The number of pyridine rings is 1. The fraction of sp³-hybridized carbons (Fsp3) is 0.321. The van der Waals surface area contributed by atoms with E-state index in [-0.39, 0.29) is 16.5 Å². The lowest BCUT2D eigenvalue weighted by atomic mass is 10.0. The molecular weight excluding hydrogens is 499 g/mol. The van der Waals surface area contributed by atoms with Crippen LogP contribution in [0, 0.1) is 31.1 Å². The van der Waals surface area contributed by atoms with E-state index in [0.29, 0.717) is 29.5 Å². The monoisotopic (exact) mass is 527 g/mol.